The van der Waals surface area contributed by atoms with Gasteiger partial charge in [-0.3, -0.25) is 9.89 Å². The van der Waals surface area contributed by atoms with Gasteiger partial charge in [0.15, 0.2) is 12.4 Å². The second-order valence-corrected chi connectivity index (χ2v) is 6.67. The molecule has 7 heteroatoms. The van der Waals surface area contributed by atoms with Crippen LogP contribution >= 0.6 is 0 Å². The minimum absolute atomic E-state index is 0.00588. The number of carbonyl (C=O) groups is 1. The second-order valence-electron chi connectivity index (χ2n) is 6.67. The van der Waals surface area contributed by atoms with Crippen molar-refractivity contribution in [3.05, 3.63) is 41.5 Å². The zero-order valence-electron chi connectivity index (χ0n) is 15.4. The Morgan fingerprint density at radius 3 is 3.12 bits per heavy atom. The van der Waals surface area contributed by atoms with Crippen molar-refractivity contribution in [3.8, 4) is 5.75 Å². The molecule has 1 aliphatic rings. The third-order valence-corrected chi connectivity index (χ3v) is 4.58. The number of benzene rings is 1. The van der Waals surface area contributed by atoms with Crippen LogP contribution in [0.2, 0.25) is 0 Å². The zero-order valence-corrected chi connectivity index (χ0v) is 15.4. The van der Waals surface area contributed by atoms with E-state index in [0.717, 1.165) is 42.3 Å². The molecule has 1 aromatic carbocycles. The molecule has 7 nitrogen and oxygen atoms in total. The van der Waals surface area contributed by atoms with Crippen LogP contribution in [0, 0.1) is 6.92 Å². The highest BCUT2D eigenvalue weighted by Gasteiger charge is 2.27. The molecule has 0 bridgehead atoms. The van der Waals surface area contributed by atoms with Gasteiger partial charge in [0, 0.05) is 32.5 Å². The van der Waals surface area contributed by atoms with Crippen molar-refractivity contribution in [2.24, 2.45) is 0 Å². The fourth-order valence-electron chi connectivity index (χ4n) is 3.16. The molecule has 1 N–H and O–H groups in total. The van der Waals surface area contributed by atoms with Crippen molar-refractivity contribution < 1.29 is 14.3 Å². The van der Waals surface area contributed by atoms with E-state index in [2.05, 4.69) is 15.2 Å². The smallest absolute Gasteiger partial charge is 0.260 e. The van der Waals surface area contributed by atoms with Gasteiger partial charge in [-0.05, 0) is 37.5 Å². The number of amides is 1. The molecule has 3 rings (SSSR count). The van der Waals surface area contributed by atoms with E-state index in [1.54, 1.807) is 7.11 Å². The summed E-state index contributed by atoms with van der Waals surface area (Å²) in [5, 5.41) is 7.29. The van der Waals surface area contributed by atoms with Gasteiger partial charge in [0.25, 0.3) is 5.91 Å². The number of aromatic amines is 1. The van der Waals surface area contributed by atoms with Gasteiger partial charge in [0.1, 0.15) is 11.6 Å². The van der Waals surface area contributed by atoms with E-state index < -0.39 is 0 Å². The number of hydrogen-bond acceptors (Lipinski definition) is 5. The molecule has 1 atom stereocenters. The van der Waals surface area contributed by atoms with Crippen LogP contribution in [-0.4, -0.2) is 59.4 Å². The Morgan fingerprint density at radius 2 is 2.31 bits per heavy atom. The molecule has 0 radical (unpaired) electrons. The summed E-state index contributed by atoms with van der Waals surface area (Å²) < 4.78 is 10.7. The first kappa shape index (κ1) is 18.4. The van der Waals surface area contributed by atoms with Crippen molar-refractivity contribution >= 4 is 5.91 Å². The maximum atomic E-state index is 12.5. The van der Waals surface area contributed by atoms with Crippen LogP contribution in [0.1, 0.15) is 36.0 Å². The predicted octanol–water partition coefficient (Wildman–Crippen LogP) is 2.09. The summed E-state index contributed by atoms with van der Waals surface area (Å²) in [6, 6.07) is 7.73. The lowest BCUT2D eigenvalue weighted by Gasteiger charge is -2.31. The standard InChI is InChI=1S/C19H26N4O3/c1-14-5-3-7-16(11-14)26-13-18(24)23-9-4-6-15(12-23)19-20-17(21-22-19)8-10-25-2/h3,5,7,11,15H,4,6,8-10,12-13H2,1-2H3,(H,20,21,22). The van der Waals surface area contributed by atoms with Gasteiger partial charge in [-0.2, -0.15) is 5.10 Å². The first-order valence-electron chi connectivity index (χ1n) is 9.03. The number of H-pyrrole nitrogens is 1. The number of nitrogens with one attached hydrogen (secondary N) is 1. The minimum Gasteiger partial charge on any atom is -0.484 e. The predicted molar refractivity (Wildman–Crippen MR) is 97.2 cm³/mol. The van der Waals surface area contributed by atoms with Gasteiger partial charge in [0.05, 0.1) is 6.61 Å². The molecular weight excluding hydrogens is 332 g/mol. The first-order valence-corrected chi connectivity index (χ1v) is 9.03. The van der Waals surface area contributed by atoms with E-state index in [1.165, 1.54) is 0 Å². The molecular formula is C19H26N4O3. The van der Waals surface area contributed by atoms with Crippen molar-refractivity contribution in [1.29, 1.82) is 0 Å². The van der Waals surface area contributed by atoms with E-state index in [1.807, 2.05) is 36.1 Å². The highest BCUT2D eigenvalue weighted by Crippen LogP contribution is 2.24. The highest BCUT2D eigenvalue weighted by molar-refractivity contribution is 5.78. The third-order valence-electron chi connectivity index (χ3n) is 4.58. The van der Waals surface area contributed by atoms with Crippen LogP contribution in [0.15, 0.2) is 24.3 Å². The normalized spacial score (nSPS) is 17.3. The van der Waals surface area contributed by atoms with Crippen LogP contribution in [0.5, 0.6) is 5.75 Å². The van der Waals surface area contributed by atoms with Gasteiger partial charge in [-0.15, -0.1) is 0 Å². The van der Waals surface area contributed by atoms with E-state index in [-0.39, 0.29) is 18.4 Å². The number of aromatic nitrogens is 3. The lowest BCUT2D eigenvalue weighted by atomic mass is 9.97. The number of carbonyl (C=O) groups excluding carboxylic acids is 1. The van der Waals surface area contributed by atoms with Crippen LogP contribution in [0.3, 0.4) is 0 Å². The first-order chi connectivity index (χ1) is 12.7. The molecule has 0 spiro atoms. The summed E-state index contributed by atoms with van der Waals surface area (Å²) in [5.41, 5.74) is 1.11. The Kier molecular flexibility index (Phi) is 6.22. The van der Waals surface area contributed by atoms with Gasteiger partial charge in [0.2, 0.25) is 0 Å². The van der Waals surface area contributed by atoms with Crippen LogP contribution in [-0.2, 0) is 16.0 Å². The summed E-state index contributed by atoms with van der Waals surface area (Å²) in [6.45, 7) is 4.07. The molecule has 26 heavy (non-hydrogen) atoms. The molecule has 0 aliphatic carbocycles. The van der Waals surface area contributed by atoms with E-state index in [4.69, 9.17) is 9.47 Å². The van der Waals surface area contributed by atoms with Crippen LogP contribution in [0.25, 0.3) is 0 Å². The fourth-order valence-corrected chi connectivity index (χ4v) is 3.16. The largest absolute Gasteiger partial charge is 0.484 e. The average Bonchev–Trinajstić information content (AvgIpc) is 3.13. The van der Waals surface area contributed by atoms with Gasteiger partial charge in [-0.25, -0.2) is 4.98 Å². The summed E-state index contributed by atoms with van der Waals surface area (Å²) in [4.78, 5) is 18.9. The van der Waals surface area contributed by atoms with Gasteiger partial charge in [-0.1, -0.05) is 12.1 Å². The highest BCUT2D eigenvalue weighted by atomic mass is 16.5. The van der Waals surface area contributed by atoms with Crippen molar-refractivity contribution in [1.82, 2.24) is 20.1 Å². The lowest BCUT2D eigenvalue weighted by Crippen LogP contribution is -2.41. The number of nitrogens with zero attached hydrogens (tertiary/aromatic N) is 3. The Balaban J connectivity index is 1.54. The second kappa shape index (κ2) is 8.80. The van der Waals surface area contributed by atoms with Crippen molar-refractivity contribution in [3.63, 3.8) is 0 Å². The minimum atomic E-state index is 0.00588. The number of likely N-dealkylation sites (tertiary alicyclic amines) is 1. The van der Waals surface area contributed by atoms with Crippen LogP contribution in [0.4, 0.5) is 0 Å². The van der Waals surface area contributed by atoms with Crippen molar-refractivity contribution in [2.75, 3.05) is 33.4 Å². The molecule has 1 aromatic heterocycles. The summed E-state index contributed by atoms with van der Waals surface area (Å²) in [6.07, 6.45) is 2.65. The molecule has 2 aromatic rings. The number of aryl methyl sites for hydroxylation is 1. The Bertz CT molecular complexity index is 731. The van der Waals surface area contributed by atoms with Crippen molar-refractivity contribution in [2.45, 2.75) is 32.1 Å². The molecule has 1 amide bonds. The molecule has 1 saturated heterocycles. The Hall–Kier alpha value is -2.41. The van der Waals surface area contributed by atoms with Crippen LogP contribution < -0.4 is 4.74 Å². The SMILES string of the molecule is COCCc1nc(C2CCCN(C(=O)COc3cccc(C)c3)C2)n[nH]1. The molecule has 0 saturated carbocycles. The Morgan fingerprint density at radius 1 is 1.42 bits per heavy atom. The van der Waals surface area contributed by atoms with E-state index in [9.17, 15) is 4.79 Å². The number of piperidine rings is 1. The maximum absolute atomic E-state index is 12.5. The number of hydrogen-bond donors (Lipinski definition) is 1. The molecule has 1 aliphatic heterocycles. The average molecular weight is 358 g/mol. The Labute approximate surface area is 153 Å². The van der Waals surface area contributed by atoms with Gasteiger partial charge < -0.3 is 14.4 Å². The zero-order chi connectivity index (χ0) is 18.4. The quantitative estimate of drug-likeness (QED) is 0.820. The maximum Gasteiger partial charge on any atom is 0.260 e. The number of methoxy groups -OCH3 is 1. The molecule has 1 unspecified atom stereocenters. The molecule has 1 fully saturated rings. The monoisotopic (exact) mass is 358 g/mol. The lowest BCUT2D eigenvalue weighted by molar-refractivity contribution is -0.134. The number of rotatable bonds is 7. The van der Waals surface area contributed by atoms with E-state index in [0.29, 0.717) is 19.6 Å². The molecule has 2 heterocycles. The fraction of sp³-hybridized carbons (Fsp3) is 0.526. The third kappa shape index (κ3) is 4.82. The summed E-state index contributed by atoms with van der Waals surface area (Å²) in [7, 11) is 1.67. The van der Waals surface area contributed by atoms with Gasteiger partial charge >= 0.3 is 0 Å². The number of ether oxygens (including phenoxy) is 2. The topological polar surface area (TPSA) is 80.3 Å². The summed E-state index contributed by atoms with van der Waals surface area (Å²) >= 11 is 0. The summed E-state index contributed by atoms with van der Waals surface area (Å²) in [5.74, 6) is 2.51. The van der Waals surface area contributed by atoms with E-state index >= 15 is 0 Å². The molecule has 140 valence electrons.